The molecule has 2 aromatic carbocycles. The Labute approximate surface area is 121 Å². The minimum absolute atomic E-state index is 0.636. The van der Waals surface area contributed by atoms with Crippen molar-refractivity contribution >= 4 is 15.9 Å². The molecule has 0 bridgehead atoms. The molecule has 0 heterocycles. The van der Waals surface area contributed by atoms with Gasteiger partial charge in [0.05, 0.1) is 7.11 Å². The van der Waals surface area contributed by atoms with E-state index in [0.29, 0.717) is 6.54 Å². The number of hydrogen-bond acceptors (Lipinski definition) is 3. The lowest BCUT2D eigenvalue weighted by molar-refractivity contribution is 0.413. The average Bonchev–Trinajstić information content (AvgIpc) is 2.43. The lowest BCUT2D eigenvalue weighted by atomic mass is 10.1. The molecule has 0 aromatic heterocycles. The summed E-state index contributed by atoms with van der Waals surface area (Å²) in [5.74, 6) is 2.38. The van der Waals surface area contributed by atoms with Gasteiger partial charge in [-0.1, -0.05) is 22.0 Å². The molecule has 3 nitrogen and oxygen atoms in total. The van der Waals surface area contributed by atoms with Crippen molar-refractivity contribution in [2.24, 2.45) is 5.73 Å². The molecular weight excluding hydrogens is 306 g/mol. The summed E-state index contributed by atoms with van der Waals surface area (Å²) in [5.41, 5.74) is 6.74. The van der Waals surface area contributed by atoms with Gasteiger partial charge in [0.15, 0.2) is 0 Å². The average molecular weight is 322 g/mol. The van der Waals surface area contributed by atoms with E-state index in [1.165, 1.54) is 5.56 Å². The van der Waals surface area contributed by atoms with Gasteiger partial charge >= 0.3 is 0 Å². The topological polar surface area (TPSA) is 44.5 Å². The van der Waals surface area contributed by atoms with E-state index in [9.17, 15) is 0 Å². The van der Waals surface area contributed by atoms with Gasteiger partial charge in [0.1, 0.15) is 17.2 Å². The number of benzene rings is 2. The van der Waals surface area contributed by atoms with Crippen molar-refractivity contribution in [2.75, 3.05) is 13.7 Å². The maximum Gasteiger partial charge on any atom is 0.128 e. The lowest BCUT2D eigenvalue weighted by Crippen LogP contribution is -2.03. The minimum Gasteiger partial charge on any atom is -0.497 e. The monoisotopic (exact) mass is 321 g/mol. The molecule has 0 saturated heterocycles. The Balaban J connectivity index is 2.11. The molecule has 0 unspecified atom stereocenters. The van der Waals surface area contributed by atoms with E-state index in [4.69, 9.17) is 15.2 Å². The Morgan fingerprint density at radius 2 is 1.63 bits per heavy atom. The van der Waals surface area contributed by atoms with Gasteiger partial charge in [-0.2, -0.15) is 0 Å². The first-order valence-corrected chi connectivity index (χ1v) is 6.82. The van der Waals surface area contributed by atoms with Crippen LogP contribution in [0.4, 0.5) is 0 Å². The van der Waals surface area contributed by atoms with Crippen molar-refractivity contribution in [1.29, 1.82) is 0 Å². The molecule has 0 atom stereocenters. The first-order chi connectivity index (χ1) is 9.22. The fourth-order valence-corrected chi connectivity index (χ4v) is 2.29. The van der Waals surface area contributed by atoms with Crippen molar-refractivity contribution in [2.45, 2.75) is 6.42 Å². The van der Waals surface area contributed by atoms with E-state index in [2.05, 4.69) is 15.9 Å². The van der Waals surface area contributed by atoms with Gasteiger partial charge in [-0.15, -0.1) is 0 Å². The number of ether oxygens (including phenoxy) is 2. The summed E-state index contributed by atoms with van der Waals surface area (Å²) >= 11 is 3.53. The first kappa shape index (κ1) is 13.9. The lowest BCUT2D eigenvalue weighted by Gasteiger charge is -2.09. The second-order valence-corrected chi connectivity index (χ2v) is 4.92. The van der Waals surface area contributed by atoms with Crippen molar-refractivity contribution in [3.05, 3.63) is 52.5 Å². The molecule has 0 fully saturated rings. The molecule has 19 heavy (non-hydrogen) atoms. The van der Waals surface area contributed by atoms with E-state index in [1.54, 1.807) is 7.11 Å². The number of halogens is 1. The molecule has 2 aromatic rings. The molecule has 100 valence electrons. The summed E-state index contributed by atoms with van der Waals surface area (Å²) in [4.78, 5) is 0. The molecule has 4 heteroatoms. The van der Waals surface area contributed by atoms with Gasteiger partial charge < -0.3 is 15.2 Å². The van der Waals surface area contributed by atoms with Crippen molar-refractivity contribution in [1.82, 2.24) is 0 Å². The van der Waals surface area contributed by atoms with Gasteiger partial charge in [-0.05, 0) is 54.9 Å². The predicted octanol–water partition coefficient (Wildman–Crippen LogP) is 3.75. The third-order valence-corrected chi connectivity index (χ3v) is 3.47. The van der Waals surface area contributed by atoms with Crippen LogP contribution in [-0.2, 0) is 6.42 Å². The quantitative estimate of drug-likeness (QED) is 0.912. The summed E-state index contributed by atoms with van der Waals surface area (Å²) in [6.07, 6.45) is 0.851. The van der Waals surface area contributed by atoms with Crippen molar-refractivity contribution in [3.8, 4) is 17.2 Å². The highest BCUT2D eigenvalue weighted by molar-refractivity contribution is 9.10. The van der Waals surface area contributed by atoms with Crippen molar-refractivity contribution < 1.29 is 9.47 Å². The summed E-state index contributed by atoms with van der Waals surface area (Å²) in [7, 11) is 1.64. The van der Waals surface area contributed by atoms with E-state index < -0.39 is 0 Å². The molecule has 0 aliphatic carbocycles. The van der Waals surface area contributed by atoms with Gasteiger partial charge in [0.25, 0.3) is 0 Å². The van der Waals surface area contributed by atoms with Crippen LogP contribution in [-0.4, -0.2) is 13.7 Å². The molecule has 0 aliphatic heterocycles. The molecule has 0 radical (unpaired) electrons. The van der Waals surface area contributed by atoms with Crippen LogP contribution >= 0.6 is 15.9 Å². The van der Waals surface area contributed by atoms with Crippen molar-refractivity contribution in [3.63, 3.8) is 0 Å². The van der Waals surface area contributed by atoms with E-state index in [1.807, 2.05) is 42.5 Å². The normalized spacial score (nSPS) is 10.3. The van der Waals surface area contributed by atoms with E-state index in [0.717, 1.165) is 28.1 Å². The largest absolute Gasteiger partial charge is 0.497 e. The van der Waals surface area contributed by atoms with Gasteiger partial charge in [0, 0.05) is 4.47 Å². The van der Waals surface area contributed by atoms with E-state index >= 15 is 0 Å². The maximum atomic E-state index is 5.78. The first-order valence-electron chi connectivity index (χ1n) is 6.03. The highest BCUT2D eigenvalue weighted by atomic mass is 79.9. The van der Waals surface area contributed by atoms with Crippen LogP contribution in [0.2, 0.25) is 0 Å². The smallest absolute Gasteiger partial charge is 0.128 e. The van der Waals surface area contributed by atoms with Crippen LogP contribution in [0.5, 0.6) is 17.2 Å². The van der Waals surface area contributed by atoms with Crippen LogP contribution in [0.15, 0.2) is 46.9 Å². The molecule has 2 rings (SSSR count). The molecule has 0 amide bonds. The fourth-order valence-electron chi connectivity index (χ4n) is 1.73. The maximum absolute atomic E-state index is 5.78. The SMILES string of the molecule is COc1ccc(Oc2ccc(CCN)c(Br)c2)cc1. The van der Waals surface area contributed by atoms with Gasteiger partial charge in [0.2, 0.25) is 0 Å². The zero-order chi connectivity index (χ0) is 13.7. The summed E-state index contributed by atoms with van der Waals surface area (Å²) in [5, 5.41) is 0. The number of rotatable bonds is 5. The van der Waals surface area contributed by atoms with Crippen LogP contribution < -0.4 is 15.2 Å². The molecule has 0 spiro atoms. The Bertz CT molecular complexity index is 540. The number of methoxy groups -OCH3 is 1. The number of nitrogens with two attached hydrogens (primary N) is 1. The summed E-state index contributed by atoms with van der Waals surface area (Å²) < 4.78 is 11.9. The van der Waals surface area contributed by atoms with E-state index in [-0.39, 0.29) is 0 Å². The standard InChI is InChI=1S/C15H16BrNO2/c1-18-12-4-6-13(7-5-12)19-14-3-2-11(8-9-17)15(16)10-14/h2-7,10H,8-9,17H2,1H3. The Morgan fingerprint density at radius 1 is 1.00 bits per heavy atom. The van der Waals surface area contributed by atoms with Crippen LogP contribution in [0.25, 0.3) is 0 Å². The highest BCUT2D eigenvalue weighted by Crippen LogP contribution is 2.28. The third kappa shape index (κ3) is 3.72. The van der Waals surface area contributed by atoms with Crippen LogP contribution in [0.3, 0.4) is 0 Å². The summed E-state index contributed by atoms with van der Waals surface area (Å²) in [6.45, 7) is 0.636. The minimum atomic E-state index is 0.636. The summed E-state index contributed by atoms with van der Waals surface area (Å²) in [6, 6.07) is 13.4. The third-order valence-electron chi connectivity index (χ3n) is 2.73. The Morgan fingerprint density at radius 3 is 2.21 bits per heavy atom. The molecule has 0 saturated carbocycles. The highest BCUT2D eigenvalue weighted by Gasteiger charge is 2.03. The molecule has 2 N–H and O–H groups in total. The van der Waals surface area contributed by atoms with Crippen LogP contribution in [0, 0.1) is 0 Å². The Hall–Kier alpha value is -1.52. The number of hydrogen-bond donors (Lipinski definition) is 1. The van der Waals surface area contributed by atoms with Gasteiger partial charge in [-0.3, -0.25) is 0 Å². The Kier molecular flexibility index (Phi) is 4.82. The zero-order valence-corrected chi connectivity index (χ0v) is 12.3. The predicted molar refractivity (Wildman–Crippen MR) is 80.0 cm³/mol. The second-order valence-electron chi connectivity index (χ2n) is 4.07. The molecule has 0 aliphatic rings. The van der Waals surface area contributed by atoms with Gasteiger partial charge in [-0.25, -0.2) is 0 Å². The van der Waals surface area contributed by atoms with Crippen LogP contribution in [0.1, 0.15) is 5.56 Å². The molecular formula is C15H16BrNO2. The fraction of sp³-hybridized carbons (Fsp3) is 0.200. The zero-order valence-electron chi connectivity index (χ0n) is 10.7. The second kappa shape index (κ2) is 6.59.